The van der Waals surface area contributed by atoms with Crippen molar-refractivity contribution < 1.29 is 33.2 Å². The second-order valence-electron chi connectivity index (χ2n) is 9.77. The molecule has 0 fully saturated rings. The predicted molar refractivity (Wildman–Crippen MR) is 163 cm³/mol. The summed E-state index contributed by atoms with van der Waals surface area (Å²) in [7, 11) is 0.968. The number of halogens is 2. The predicted octanol–water partition coefficient (Wildman–Crippen LogP) is 5.59. The van der Waals surface area contributed by atoms with Gasteiger partial charge in [0.2, 0.25) is 0 Å². The van der Waals surface area contributed by atoms with Crippen molar-refractivity contribution in [3.63, 3.8) is 0 Å². The van der Waals surface area contributed by atoms with Gasteiger partial charge in [-0.1, -0.05) is 35.3 Å². The van der Waals surface area contributed by atoms with E-state index < -0.39 is 39.0 Å². The Morgan fingerprint density at radius 3 is 2.26 bits per heavy atom. The van der Waals surface area contributed by atoms with E-state index in [9.17, 15) is 28.5 Å². The van der Waals surface area contributed by atoms with Gasteiger partial charge in [0.15, 0.2) is 0 Å². The van der Waals surface area contributed by atoms with Gasteiger partial charge in [0.05, 0.1) is 29.0 Å². The van der Waals surface area contributed by atoms with Crippen molar-refractivity contribution in [2.24, 2.45) is 4.36 Å². The number of anilines is 1. The van der Waals surface area contributed by atoms with Gasteiger partial charge in [0.25, 0.3) is 11.8 Å². The van der Waals surface area contributed by atoms with Crippen LogP contribution in [-0.2, 0) is 14.5 Å². The first-order valence-corrected chi connectivity index (χ1v) is 15.6. The van der Waals surface area contributed by atoms with E-state index in [1.54, 1.807) is 24.3 Å². The van der Waals surface area contributed by atoms with Gasteiger partial charge in [-0.05, 0) is 68.5 Å². The Kier molecular flexibility index (Phi) is 10.9. The number of benzene rings is 3. The molecule has 0 radical (unpaired) electrons. The number of esters is 1. The van der Waals surface area contributed by atoms with E-state index in [-0.39, 0.29) is 29.0 Å². The third-order valence-corrected chi connectivity index (χ3v) is 6.91. The summed E-state index contributed by atoms with van der Waals surface area (Å²) in [4.78, 5) is 52.9. The quantitative estimate of drug-likeness (QED) is 0.217. The number of aromatic carboxylic acids is 1. The topological polar surface area (TPSA) is 142 Å². The van der Waals surface area contributed by atoms with Crippen molar-refractivity contribution in [3.8, 4) is 11.1 Å². The maximum absolute atomic E-state index is 13.5. The Hall–Kier alpha value is -3.77. The number of nitrogens with one attached hydrogen (secondary N) is 1. The van der Waals surface area contributed by atoms with Gasteiger partial charge in [-0.2, -0.15) is 4.36 Å². The highest BCUT2D eigenvalue weighted by Gasteiger charge is 2.23. The molecule has 0 aromatic heterocycles. The van der Waals surface area contributed by atoms with Crippen molar-refractivity contribution in [2.45, 2.75) is 6.42 Å². The Morgan fingerprint density at radius 2 is 1.64 bits per heavy atom. The fourth-order valence-electron chi connectivity index (χ4n) is 3.83. The molecular weight excluding hydrogens is 605 g/mol. The van der Waals surface area contributed by atoms with Crippen molar-refractivity contribution in [3.05, 3.63) is 86.9 Å². The van der Waals surface area contributed by atoms with E-state index in [1.807, 2.05) is 19.0 Å². The van der Waals surface area contributed by atoms with Crippen LogP contribution in [0.1, 0.15) is 47.9 Å². The van der Waals surface area contributed by atoms with Crippen molar-refractivity contribution in [2.75, 3.05) is 45.1 Å². The van der Waals surface area contributed by atoms with E-state index in [2.05, 4.69) is 9.68 Å². The van der Waals surface area contributed by atoms with Crippen LogP contribution in [0.5, 0.6) is 0 Å². The van der Waals surface area contributed by atoms with Gasteiger partial charge in [0.1, 0.15) is 0 Å². The number of carboxylic acid groups (broad SMARTS) is 1. The van der Waals surface area contributed by atoms with Gasteiger partial charge >= 0.3 is 11.9 Å². The molecule has 3 aromatic carbocycles. The summed E-state index contributed by atoms with van der Waals surface area (Å²) < 4.78 is 21.0. The molecule has 0 spiro atoms. The molecule has 2 N–H and O–H groups in total. The molecule has 0 aliphatic rings. The van der Waals surface area contributed by atoms with Crippen LogP contribution in [0, 0.1) is 0 Å². The molecule has 3 rings (SSSR count). The fraction of sp³-hybridized carbons (Fsp3) is 0.241. The van der Waals surface area contributed by atoms with Crippen LogP contribution in [-0.4, -0.2) is 77.7 Å². The molecule has 3 aromatic rings. The van der Waals surface area contributed by atoms with E-state index in [1.165, 1.54) is 30.7 Å². The van der Waals surface area contributed by atoms with Crippen LogP contribution >= 0.6 is 23.2 Å². The number of nitrogens with zero attached hydrogens (tertiary/aromatic N) is 2. The zero-order valence-corrected chi connectivity index (χ0v) is 25.6. The monoisotopic (exact) mass is 633 g/mol. The largest absolute Gasteiger partial charge is 0.478 e. The fourth-order valence-corrected chi connectivity index (χ4v) is 4.86. The SMILES string of the molecule is CN(C)CCCOC(=O)c1ccc(-c2ccc(Cl)cc2Cl)cc1NC(=O)c1cc(C(=O)N=S(C)(C)=O)ccc1C(=O)O. The number of carboxylic acids is 1. The van der Waals surface area contributed by atoms with E-state index in [0.717, 1.165) is 12.1 Å². The smallest absolute Gasteiger partial charge is 0.340 e. The molecule has 0 saturated carbocycles. The maximum Gasteiger partial charge on any atom is 0.340 e. The molecule has 42 heavy (non-hydrogen) atoms. The first kappa shape index (κ1) is 32.7. The highest BCUT2D eigenvalue weighted by atomic mass is 35.5. The first-order chi connectivity index (χ1) is 19.7. The molecule has 0 saturated heterocycles. The van der Waals surface area contributed by atoms with Gasteiger partial charge in [-0.25, -0.2) is 13.8 Å². The number of hydrogen-bond acceptors (Lipinski definition) is 7. The molecule has 0 aliphatic heterocycles. The van der Waals surface area contributed by atoms with Crippen LogP contribution < -0.4 is 5.32 Å². The van der Waals surface area contributed by atoms with Crippen molar-refractivity contribution in [1.29, 1.82) is 0 Å². The van der Waals surface area contributed by atoms with Crippen LogP contribution in [0.4, 0.5) is 5.69 Å². The molecule has 0 bridgehead atoms. The van der Waals surface area contributed by atoms with Gasteiger partial charge in [-0.15, -0.1) is 0 Å². The average molecular weight is 635 g/mol. The summed E-state index contributed by atoms with van der Waals surface area (Å²) in [6, 6.07) is 12.7. The molecule has 222 valence electrons. The third kappa shape index (κ3) is 8.86. The van der Waals surface area contributed by atoms with Gasteiger partial charge in [0, 0.05) is 50.0 Å². The van der Waals surface area contributed by atoms with Gasteiger partial charge < -0.3 is 20.1 Å². The second-order valence-corrected chi connectivity index (χ2v) is 13.2. The third-order valence-electron chi connectivity index (χ3n) is 5.76. The lowest BCUT2D eigenvalue weighted by molar-refractivity contribution is 0.0494. The lowest BCUT2D eigenvalue weighted by Gasteiger charge is -2.15. The molecule has 0 heterocycles. The first-order valence-electron chi connectivity index (χ1n) is 12.5. The number of hydrogen-bond donors (Lipinski definition) is 2. The molecule has 0 unspecified atom stereocenters. The highest BCUT2D eigenvalue weighted by molar-refractivity contribution is 7.92. The number of amides is 2. The summed E-state index contributed by atoms with van der Waals surface area (Å²) in [6.07, 6.45) is 3.12. The average Bonchev–Trinajstić information content (AvgIpc) is 2.89. The van der Waals surface area contributed by atoms with Crippen molar-refractivity contribution in [1.82, 2.24) is 4.90 Å². The Morgan fingerprint density at radius 1 is 0.952 bits per heavy atom. The minimum atomic E-state index is -2.81. The van der Waals surface area contributed by atoms with Crippen LogP contribution in [0.15, 0.2) is 59.0 Å². The molecule has 10 nitrogen and oxygen atoms in total. The molecule has 13 heteroatoms. The standard InChI is InChI=1S/C29H29Cl2N3O7S/c1-34(2)12-5-13-41-29(39)22-10-6-17(20-11-8-19(30)16-24(20)31)15-25(22)32-27(36)23-14-18(7-9-21(23)28(37)38)26(35)33-42(3,4)40/h6-11,14-16H,5,12-13H2,1-4H3,(H,32,36)(H,37,38). The van der Waals surface area contributed by atoms with E-state index in [4.69, 9.17) is 27.9 Å². The minimum absolute atomic E-state index is 0.0119. The lowest BCUT2D eigenvalue weighted by atomic mass is 10.0. The summed E-state index contributed by atoms with van der Waals surface area (Å²) in [6.45, 7) is 0.819. The number of rotatable bonds is 10. The van der Waals surface area contributed by atoms with Crippen molar-refractivity contribution >= 4 is 62.4 Å². The van der Waals surface area contributed by atoms with Crippen LogP contribution in [0.25, 0.3) is 11.1 Å². The zero-order valence-electron chi connectivity index (χ0n) is 23.3. The van der Waals surface area contributed by atoms with E-state index in [0.29, 0.717) is 34.1 Å². The Labute approximate surface area is 253 Å². The zero-order chi connectivity index (χ0) is 31.2. The number of carbonyl (C=O) groups excluding carboxylic acids is 3. The molecule has 0 atom stereocenters. The summed E-state index contributed by atoms with van der Waals surface area (Å²) in [5.74, 6) is -3.93. The molecular formula is C29H29Cl2N3O7S. The minimum Gasteiger partial charge on any atom is -0.478 e. The molecule has 2 amide bonds. The van der Waals surface area contributed by atoms with Crippen LogP contribution in [0.3, 0.4) is 0 Å². The molecule has 0 aliphatic carbocycles. The number of carbonyl (C=O) groups is 4. The lowest BCUT2D eigenvalue weighted by Crippen LogP contribution is -2.20. The Balaban J connectivity index is 2.06. The van der Waals surface area contributed by atoms with E-state index >= 15 is 0 Å². The summed E-state index contributed by atoms with van der Waals surface area (Å²) in [5, 5.41) is 13.0. The van der Waals surface area contributed by atoms with Crippen LogP contribution in [0.2, 0.25) is 10.0 Å². The Bertz CT molecular complexity index is 1670. The second kappa shape index (κ2) is 13.9. The highest BCUT2D eigenvalue weighted by Crippen LogP contribution is 2.33. The summed E-state index contributed by atoms with van der Waals surface area (Å²) in [5.41, 5.74) is 0.208. The van der Waals surface area contributed by atoms with Gasteiger partial charge in [-0.3, -0.25) is 9.59 Å². The normalized spacial score (nSPS) is 11.2. The number of ether oxygens (including phenoxy) is 1. The maximum atomic E-state index is 13.5. The summed E-state index contributed by atoms with van der Waals surface area (Å²) >= 11 is 12.4.